The van der Waals surface area contributed by atoms with Gasteiger partial charge in [0.1, 0.15) is 5.52 Å². The van der Waals surface area contributed by atoms with E-state index in [4.69, 9.17) is 4.98 Å². The fraction of sp³-hybridized carbons (Fsp3) is 0.467. The van der Waals surface area contributed by atoms with Gasteiger partial charge in [-0.1, -0.05) is 66.2 Å². The minimum Gasteiger partial charge on any atom is -0.356 e. The van der Waals surface area contributed by atoms with Gasteiger partial charge in [0.05, 0.1) is 5.52 Å². The number of benzene rings is 2. The van der Waals surface area contributed by atoms with E-state index in [2.05, 4.69) is 81.3 Å². The number of carbonyl (C=O) groups is 1. The first-order chi connectivity index (χ1) is 18.6. The number of carbonyl (C=O) groups excluding carboxylic acids is 1. The van der Waals surface area contributed by atoms with E-state index in [1.54, 1.807) is 11.8 Å². The summed E-state index contributed by atoms with van der Waals surface area (Å²) in [6, 6.07) is 17.5. The minimum absolute atomic E-state index is 0.130. The van der Waals surface area contributed by atoms with E-state index < -0.39 is 0 Å². The molecule has 0 saturated carbocycles. The number of aryl methyl sites for hydroxylation is 1. The molecule has 200 valence electrons. The van der Waals surface area contributed by atoms with Crippen molar-refractivity contribution in [2.24, 2.45) is 0 Å². The highest BCUT2D eigenvalue weighted by Gasteiger charge is 2.18. The van der Waals surface area contributed by atoms with E-state index in [9.17, 15) is 4.79 Å². The highest BCUT2D eigenvalue weighted by molar-refractivity contribution is 7.99. The topological polar surface area (TPSA) is 75.9 Å². The third-order valence-electron chi connectivity index (χ3n) is 7.44. The van der Waals surface area contributed by atoms with Gasteiger partial charge >= 0.3 is 0 Å². The summed E-state index contributed by atoms with van der Waals surface area (Å²) >= 11 is 1.57. The smallest absolute Gasteiger partial charge is 0.220 e. The Labute approximate surface area is 229 Å². The molecule has 0 aliphatic carbocycles. The number of likely N-dealkylation sites (tertiary alicyclic amines) is 1. The van der Waals surface area contributed by atoms with Crippen LogP contribution in [-0.2, 0) is 11.3 Å². The second-order valence-corrected chi connectivity index (χ2v) is 11.5. The number of nitrogens with zero attached hydrogens (tertiary/aromatic N) is 5. The lowest BCUT2D eigenvalue weighted by Crippen LogP contribution is -2.39. The lowest BCUT2D eigenvalue weighted by Gasteiger charge is -2.33. The van der Waals surface area contributed by atoms with Crippen LogP contribution in [-0.4, -0.2) is 62.0 Å². The molecule has 1 aliphatic rings. The van der Waals surface area contributed by atoms with Gasteiger partial charge in [-0.2, -0.15) is 0 Å². The van der Waals surface area contributed by atoms with Crippen LogP contribution in [0.5, 0.6) is 0 Å². The number of para-hydroxylation sites is 1. The summed E-state index contributed by atoms with van der Waals surface area (Å²) in [5.41, 5.74) is 5.27. The van der Waals surface area contributed by atoms with Crippen LogP contribution in [0.2, 0.25) is 0 Å². The molecular formula is C30H38N6OS. The quantitative estimate of drug-likeness (QED) is 0.201. The van der Waals surface area contributed by atoms with Gasteiger partial charge in [-0.25, -0.2) is 4.98 Å². The molecule has 1 N–H and O–H groups in total. The molecule has 2 aromatic carbocycles. The molecule has 0 bridgehead atoms. The van der Waals surface area contributed by atoms with Crippen LogP contribution >= 0.6 is 11.8 Å². The largest absolute Gasteiger partial charge is 0.356 e. The lowest BCUT2D eigenvalue weighted by molar-refractivity contribution is -0.121. The van der Waals surface area contributed by atoms with Crippen LogP contribution in [0, 0.1) is 6.92 Å². The van der Waals surface area contributed by atoms with Gasteiger partial charge in [0.25, 0.3) is 0 Å². The molecule has 0 radical (unpaired) electrons. The summed E-state index contributed by atoms with van der Waals surface area (Å²) in [6.45, 7) is 8.18. The molecule has 4 aromatic rings. The number of aromatic nitrogens is 4. The Morgan fingerprint density at radius 1 is 1.11 bits per heavy atom. The predicted molar refractivity (Wildman–Crippen MR) is 156 cm³/mol. The maximum absolute atomic E-state index is 12.3. The molecule has 38 heavy (non-hydrogen) atoms. The number of fused-ring (bicyclic) bond motifs is 3. The van der Waals surface area contributed by atoms with Gasteiger partial charge in [0, 0.05) is 43.2 Å². The Kier molecular flexibility index (Phi) is 8.91. The molecule has 5 rings (SSSR count). The molecule has 1 atom stereocenters. The number of hydrogen-bond acceptors (Lipinski definition) is 6. The zero-order chi connectivity index (χ0) is 26.3. The van der Waals surface area contributed by atoms with Gasteiger partial charge in [-0.05, 0) is 57.7 Å². The molecule has 8 heteroatoms. The SMILES string of the molecule is Cc1cccc(Cn2c3ccccc3c3nnc(SCCCC(=O)NCCCN4CCCCC4C)nc32)c1. The molecule has 1 saturated heterocycles. The molecule has 0 spiro atoms. The molecule has 1 unspecified atom stereocenters. The second-order valence-electron chi connectivity index (χ2n) is 10.4. The number of thioether (sulfide) groups is 1. The number of nitrogens with one attached hydrogen (secondary N) is 1. The van der Waals surface area contributed by atoms with Crippen molar-refractivity contribution >= 4 is 39.7 Å². The number of rotatable bonds is 11. The normalized spacial score (nSPS) is 16.3. The van der Waals surface area contributed by atoms with Crippen molar-refractivity contribution in [3.63, 3.8) is 0 Å². The van der Waals surface area contributed by atoms with E-state index in [0.29, 0.717) is 17.6 Å². The van der Waals surface area contributed by atoms with E-state index in [1.807, 2.05) is 6.07 Å². The van der Waals surface area contributed by atoms with Gasteiger partial charge in [0.15, 0.2) is 5.65 Å². The molecule has 1 fully saturated rings. The zero-order valence-corrected chi connectivity index (χ0v) is 23.3. The molecular weight excluding hydrogens is 492 g/mol. The van der Waals surface area contributed by atoms with Crippen LogP contribution < -0.4 is 5.32 Å². The van der Waals surface area contributed by atoms with E-state index in [-0.39, 0.29) is 5.91 Å². The van der Waals surface area contributed by atoms with Crippen LogP contribution in [0.1, 0.15) is 56.6 Å². The highest BCUT2D eigenvalue weighted by Crippen LogP contribution is 2.28. The van der Waals surface area contributed by atoms with E-state index in [1.165, 1.54) is 36.9 Å². The van der Waals surface area contributed by atoms with Crippen molar-refractivity contribution in [3.05, 3.63) is 59.7 Å². The summed E-state index contributed by atoms with van der Waals surface area (Å²) in [7, 11) is 0. The summed E-state index contributed by atoms with van der Waals surface area (Å²) in [5, 5.41) is 13.8. The second kappa shape index (κ2) is 12.7. The monoisotopic (exact) mass is 530 g/mol. The molecule has 2 aromatic heterocycles. The standard InChI is InChI=1S/C30H38N6OS/c1-22-10-7-12-24(20-22)21-36-26-14-4-3-13-25(26)28-29(36)32-30(34-33-28)38-19-8-15-27(37)31-16-9-18-35-17-6-5-11-23(35)2/h3-4,7,10,12-14,20,23H,5-6,8-9,11,15-19,21H2,1-2H3,(H,31,37). The number of piperidine rings is 1. The van der Waals surface area contributed by atoms with Gasteiger partial charge in [-0.15, -0.1) is 10.2 Å². The van der Waals surface area contributed by atoms with Gasteiger partial charge in [0.2, 0.25) is 11.1 Å². The maximum atomic E-state index is 12.3. The third kappa shape index (κ3) is 6.53. The number of amides is 1. The van der Waals surface area contributed by atoms with Crippen LogP contribution in [0.25, 0.3) is 22.1 Å². The molecule has 3 heterocycles. The maximum Gasteiger partial charge on any atom is 0.220 e. The molecule has 1 aliphatic heterocycles. The third-order valence-corrected chi connectivity index (χ3v) is 8.37. The predicted octanol–water partition coefficient (Wildman–Crippen LogP) is 5.59. The summed E-state index contributed by atoms with van der Waals surface area (Å²) < 4.78 is 2.23. The fourth-order valence-corrected chi connectivity index (χ4v) is 6.11. The first-order valence-corrected chi connectivity index (χ1v) is 14.9. The van der Waals surface area contributed by atoms with Crippen molar-refractivity contribution in [2.75, 3.05) is 25.4 Å². The summed E-state index contributed by atoms with van der Waals surface area (Å²) in [4.78, 5) is 19.8. The zero-order valence-electron chi connectivity index (χ0n) is 22.5. The van der Waals surface area contributed by atoms with Crippen molar-refractivity contribution in [3.8, 4) is 0 Å². The Balaban J connectivity index is 1.14. The van der Waals surface area contributed by atoms with Crippen molar-refractivity contribution in [2.45, 2.75) is 70.1 Å². The van der Waals surface area contributed by atoms with Crippen molar-refractivity contribution < 1.29 is 4.79 Å². The Morgan fingerprint density at radius 3 is 2.87 bits per heavy atom. The Bertz CT molecular complexity index is 1390. The summed E-state index contributed by atoms with van der Waals surface area (Å²) in [6.07, 6.45) is 6.27. The summed E-state index contributed by atoms with van der Waals surface area (Å²) in [5.74, 6) is 0.911. The minimum atomic E-state index is 0.130. The first kappa shape index (κ1) is 26.6. The van der Waals surface area contributed by atoms with Crippen LogP contribution in [0.4, 0.5) is 0 Å². The first-order valence-electron chi connectivity index (χ1n) is 13.9. The highest BCUT2D eigenvalue weighted by atomic mass is 32.2. The fourth-order valence-electron chi connectivity index (χ4n) is 5.39. The van der Waals surface area contributed by atoms with Crippen molar-refractivity contribution in [1.82, 2.24) is 30.0 Å². The Hall–Kier alpha value is -2.97. The Morgan fingerprint density at radius 2 is 2.00 bits per heavy atom. The molecule has 7 nitrogen and oxygen atoms in total. The average molecular weight is 531 g/mol. The average Bonchev–Trinajstić information content (AvgIpc) is 3.23. The van der Waals surface area contributed by atoms with E-state index >= 15 is 0 Å². The van der Waals surface area contributed by atoms with Crippen molar-refractivity contribution in [1.29, 1.82) is 0 Å². The lowest BCUT2D eigenvalue weighted by atomic mass is 10.0. The number of hydrogen-bond donors (Lipinski definition) is 1. The van der Waals surface area contributed by atoms with Gasteiger partial charge < -0.3 is 14.8 Å². The molecule has 1 amide bonds. The van der Waals surface area contributed by atoms with E-state index in [0.717, 1.165) is 60.3 Å². The van der Waals surface area contributed by atoms with Crippen LogP contribution in [0.3, 0.4) is 0 Å². The van der Waals surface area contributed by atoms with Gasteiger partial charge in [-0.3, -0.25) is 4.79 Å². The van der Waals surface area contributed by atoms with Crippen LogP contribution in [0.15, 0.2) is 53.7 Å².